The number of nitro groups is 1. The minimum absolute atomic E-state index is 0.0681. The van der Waals surface area contributed by atoms with Crippen molar-refractivity contribution < 1.29 is 20.2 Å². The van der Waals surface area contributed by atoms with Crippen LogP contribution in [0.3, 0.4) is 0 Å². The third kappa shape index (κ3) is 6.41. The minimum Gasteiger partial charge on any atom is -0.507 e. The number of aromatic hydroxyl groups is 1. The number of aryl methyl sites for hydroxylation is 2. The third-order valence-corrected chi connectivity index (χ3v) is 6.08. The molecular formula is C28H30N2O5. The Hall–Kier alpha value is -3.81. The molecule has 182 valence electrons. The second-order valence-corrected chi connectivity index (χ2v) is 8.60. The van der Waals surface area contributed by atoms with Crippen LogP contribution in [0.4, 0.5) is 5.69 Å². The lowest BCUT2D eigenvalue weighted by Gasteiger charge is -2.25. The van der Waals surface area contributed by atoms with E-state index in [1.807, 2.05) is 50.3 Å². The number of non-ortho nitro benzene ring substituents is 1. The molecule has 3 aromatic rings. The number of aromatic nitrogens is 1. The fourth-order valence-corrected chi connectivity index (χ4v) is 4.11. The number of benzene rings is 2. The van der Waals surface area contributed by atoms with E-state index in [1.54, 1.807) is 6.20 Å². The molecule has 0 spiro atoms. The van der Waals surface area contributed by atoms with E-state index in [0.717, 1.165) is 28.0 Å². The molecule has 0 aliphatic rings. The predicted molar refractivity (Wildman–Crippen MR) is 137 cm³/mol. The summed E-state index contributed by atoms with van der Waals surface area (Å²) >= 11 is 0. The molecule has 0 aliphatic carbocycles. The molecule has 0 unspecified atom stereocenters. The number of nitro benzene ring substituents is 1. The van der Waals surface area contributed by atoms with Crippen LogP contribution < -0.4 is 0 Å². The van der Waals surface area contributed by atoms with Crippen molar-refractivity contribution in [2.24, 2.45) is 5.92 Å². The van der Waals surface area contributed by atoms with Gasteiger partial charge in [0, 0.05) is 24.2 Å². The Balaban J connectivity index is 1.81. The summed E-state index contributed by atoms with van der Waals surface area (Å²) in [6.45, 7) is 7.47. The van der Waals surface area contributed by atoms with Crippen molar-refractivity contribution in [3.63, 3.8) is 0 Å². The minimum atomic E-state index is -1.06. The van der Waals surface area contributed by atoms with E-state index in [0.29, 0.717) is 18.4 Å². The average Bonchev–Trinajstić information content (AvgIpc) is 2.85. The van der Waals surface area contributed by atoms with Crippen LogP contribution in [0.25, 0.3) is 11.6 Å². The highest BCUT2D eigenvalue weighted by Gasteiger charge is 2.26. The molecule has 1 heterocycles. The van der Waals surface area contributed by atoms with Crippen molar-refractivity contribution in [1.82, 2.24) is 4.98 Å². The Morgan fingerprint density at radius 2 is 1.77 bits per heavy atom. The third-order valence-electron chi connectivity index (χ3n) is 6.08. The fourth-order valence-electron chi connectivity index (χ4n) is 4.11. The maximum Gasteiger partial charge on any atom is 0.269 e. The van der Waals surface area contributed by atoms with Crippen LogP contribution in [0.2, 0.25) is 0 Å². The van der Waals surface area contributed by atoms with E-state index < -0.39 is 23.0 Å². The zero-order valence-corrected chi connectivity index (χ0v) is 19.8. The van der Waals surface area contributed by atoms with Gasteiger partial charge in [-0.3, -0.25) is 15.1 Å². The number of aliphatic hydroxyl groups is 2. The SMILES string of the molecule is C=C[C@H]([C@H](O)CC/C(=C/c1cc(C)c(O)c(C)c1)c1ccccn1)[C@H](O)c1ccc([N+](=O)[O-])cc1. The molecule has 0 aliphatic heterocycles. The number of hydrogen-bond donors (Lipinski definition) is 3. The van der Waals surface area contributed by atoms with Gasteiger partial charge >= 0.3 is 0 Å². The maximum absolute atomic E-state index is 10.9. The van der Waals surface area contributed by atoms with Gasteiger partial charge in [-0.15, -0.1) is 6.58 Å². The predicted octanol–water partition coefficient (Wildman–Crippen LogP) is 5.53. The molecule has 0 saturated carbocycles. The van der Waals surface area contributed by atoms with Crippen LogP contribution in [0.5, 0.6) is 5.75 Å². The van der Waals surface area contributed by atoms with Crippen LogP contribution in [-0.4, -0.2) is 31.3 Å². The molecule has 0 bridgehead atoms. The van der Waals surface area contributed by atoms with E-state index in [-0.39, 0.29) is 11.4 Å². The monoisotopic (exact) mass is 474 g/mol. The number of pyridine rings is 1. The van der Waals surface area contributed by atoms with E-state index in [2.05, 4.69) is 11.6 Å². The highest BCUT2D eigenvalue weighted by Crippen LogP contribution is 2.32. The number of phenolic OH excluding ortho intramolecular Hbond substituents is 1. The number of allylic oxidation sites excluding steroid dienone is 1. The van der Waals surface area contributed by atoms with Crippen molar-refractivity contribution in [1.29, 1.82) is 0 Å². The molecule has 1 aromatic heterocycles. The van der Waals surface area contributed by atoms with Gasteiger partial charge in [-0.05, 0) is 97.0 Å². The molecule has 0 fully saturated rings. The Kier molecular flexibility index (Phi) is 8.52. The van der Waals surface area contributed by atoms with Gasteiger partial charge in [0.2, 0.25) is 0 Å². The summed E-state index contributed by atoms with van der Waals surface area (Å²) in [5.74, 6) is -0.398. The average molecular weight is 475 g/mol. The molecule has 0 radical (unpaired) electrons. The Labute approximate surface area is 204 Å². The fraction of sp³-hybridized carbons (Fsp3) is 0.250. The number of nitrogens with zero attached hydrogens (tertiary/aromatic N) is 2. The summed E-state index contributed by atoms with van der Waals surface area (Å²) in [6, 6.07) is 15.0. The topological polar surface area (TPSA) is 117 Å². The summed E-state index contributed by atoms with van der Waals surface area (Å²) in [7, 11) is 0. The number of hydrogen-bond acceptors (Lipinski definition) is 6. The molecule has 3 atom stereocenters. The highest BCUT2D eigenvalue weighted by molar-refractivity contribution is 5.80. The molecular weight excluding hydrogens is 444 g/mol. The normalized spacial score (nSPS) is 14.2. The van der Waals surface area contributed by atoms with E-state index in [4.69, 9.17) is 0 Å². The van der Waals surface area contributed by atoms with Gasteiger partial charge in [-0.25, -0.2) is 0 Å². The lowest BCUT2D eigenvalue weighted by Crippen LogP contribution is -2.25. The van der Waals surface area contributed by atoms with Crippen molar-refractivity contribution in [2.75, 3.05) is 0 Å². The summed E-state index contributed by atoms with van der Waals surface area (Å²) in [6.07, 6.45) is 4.05. The molecule has 3 rings (SSSR count). The molecule has 7 nitrogen and oxygen atoms in total. The van der Waals surface area contributed by atoms with Gasteiger partial charge in [0.05, 0.1) is 22.8 Å². The van der Waals surface area contributed by atoms with Gasteiger partial charge in [0.1, 0.15) is 5.75 Å². The lowest BCUT2D eigenvalue weighted by molar-refractivity contribution is -0.384. The summed E-state index contributed by atoms with van der Waals surface area (Å²) < 4.78 is 0. The van der Waals surface area contributed by atoms with E-state index in [9.17, 15) is 25.4 Å². The summed E-state index contributed by atoms with van der Waals surface area (Å²) in [5, 5.41) is 42.8. The number of aliphatic hydroxyl groups excluding tert-OH is 2. The standard InChI is InChI=1S/C28H30N2O5/c1-4-24(28(33)21-8-11-23(12-9-21)30(34)35)26(31)13-10-22(25-7-5-6-14-29-25)17-20-15-18(2)27(32)19(3)16-20/h4-9,11-12,14-17,24,26,28,31-33H,1,10,13H2,2-3H3/b22-17-/t24-,26-,28-/m1/s1. The summed E-state index contributed by atoms with van der Waals surface area (Å²) in [5.41, 5.74) is 4.54. The van der Waals surface area contributed by atoms with Gasteiger partial charge < -0.3 is 15.3 Å². The van der Waals surface area contributed by atoms with Crippen LogP contribution in [-0.2, 0) is 0 Å². The molecule has 35 heavy (non-hydrogen) atoms. The van der Waals surface area contributed by atoms with E-state index in [1.165, 1.54) is 30.3 Å². The quantitative estimate of drug-likeness (QED) is 0.202. The molecule has 3 N–H and O–H groups in total. The van der Waals surface area contributed by atoms with Crippen molar-refractivity contribution in [3.05, 3.63) is 112 Å². The lowest BCUT2D eigenvalue weighted by atomic mass is 9.87. The largest absolute Gasteiger partial charge is 0.507 e. The Morgan fingerprint density at radius 1 is 1.11 bits per heavy atom. The summed E-state index contributed by atoms with van der Waals surface area (Å²) in [4.78, 5) is 14.9. The second-order valence-electron chi connectivity index (χ2n) is 8.60. The molecule has 2 aromatic carbocycles. The molecule has 7 heteroatoms. The van der Waals surface area contributed by atoms with Crippen LogP contribution in [0, 0.1) is 29.9 Å². The zero-order valence-electron chi connectivity index (χ0n) is 19.8. The van der Waals surface area contributed by atoms with Gasteiger partial charge in [0.15, 0.2) is 0 Å². The second kappa shape index (κ2) is 11.6. The molecule has 0 amide bonds. The number of phenols is 1. The first-order valence-electron chi connectivity index (χ1n) is 11.4. The van der Waals surface area contributed by atoms with Crippen LogP contribution >= 0.6 is 0 Å². The van der Waals surface area contributed by atoms with Crippen LogP contribution in [0.15, 0.2) is 73.4 Å². The highest BCUT2D eigenvalue weighted by atomic mass is 16.6. The molecule has 0 saturated heterocycles. The van der Waals surface area contributed by atoms with Gasteiger partial charge in [0.25, 0.3) is 5.69 Å². The van der Waals surface area contributed by atoms with E-state index >= 15 is 0 Å². The first kappa shape index (κ1) is 25.8. The number of rotatable bonds is 10. The van der Waals surface area contributed by atoms with Crippen molar-refractivity contribution in [2.45, 2.75) is 38.9 Å². The first-order chi connectivity index (χ1) is 16.7. The van der Waals surface area contributed by atoms with Gasteiger partial charge in [-0.2, -0.15) is 0 Å². The van der Waals surface area contributed by atoms with Crippen LogP contribution in [0.1, 0.15) is 46.9 Å². The Bertz CT molecular complexity index is 1180. The van der Waals surface area contributed by atoms with Gasteiger partial charge in [-0.1, -0.05) is 12.1 Å². The Morgan fingerprint density at radius 3 is 2.31 bits per heavy atom. The zero-order chi connectivity index (χ0) is 25.5. The van der Waals surface area contributed by atoms with Crippen molar-refractivity contribution in [3.8, 4) is 5.75 Å². The first-order valence-corrected chi connectivity index (χ1v) is 11.4. The maximum atomic E-state index is 10.9. The van der Waals surface area contributed by atoms with Crippen molar-refractivity contribution >= 4 is 17.3 Å². The smallest absolute Gasteiger partial charge is 0.269 e.